The molecule has 4 nitrogen and oxygen atoms in total. The fraction of sp³-hybridized carbons (Fsp3) is 0.200. The highest BCUT2D eigenvalue weighted by Crippen LogP contribution is 2.13. The van der Waals surface area contributed by atoms with Crippen LogP contribution < -0.4 is 4.74 Å². The summed E-state index contributed by atoms with van der Waals surface area (Å²) in [7, 11) is 0. The van der Waals surface area contributed by atoms with E-state index < -0.39 is 12.1 Å². The summed E-state index contributed by atoms with van der Waals surface area (Å²) in [5, 5.41) is 17.1. The van der Waals surface area contributed by atoms with E-state index in [0.717, 1.165) is 0 Å². The molecular weight excluding hydrogens is 182 g/mol. The first-order valence-electron chi connectivity index (χ1n) is 4.03. The van der Waals surface area contributed by atoms with E-state index in [1.54, 1.807) is 24.3 Å². The largest absolute Gasteiger partial charge is 0.479 e. The van der Waals surface area contributed by atoms with Gasteiger partial charge in [-0.2, -0.15) is 5.26 Å². The van der Waals surface area contributed by atoms with Gasteiger partial charge in [0.05, 0.1) is 11.6 Å². The van der Waals surface area contributed by atoms with E-state index in [-0.39, 0.29) is 0 Å². The summed E-state index contributed by atoms with van der Waals surface area (Å²) in [4.78, 5) is 10.4. The number of nitrogens with zero attached hydrogens (tertiary/aromatic N) is 1. The molecule has 0 spiro atoms. The lowest BCUT2D eigenvalue weighted by Crippen LogP contribution is -2.22. The van der Waals surface area contributed by atoms with E-state index in [1.807, 2.05) is 6.07 Å². The zero-order valence-corrected chi connectivity index (χ0v) is 7.60. The third-order valence-corrected chi connectivity index (χ3v) is 1.64. The van der Waals surface area contributed by atoms with E-state index in [4.69, 9.17) is 15.1 Å². The van der Waals surface area contributed by atoms with Gasteiger partial charge in [-0.05, 0) is 31.2 Å². The molecule has 14 heavy (non-hydrogen) atoms. The van der Waals surface area contributed by atoms with E-state index in [2.05, 4.69) is 0 Å². The second-order valence-electron chi connectivity index (χ2n) is 2.73. The van der Waals surface area contributed by atoms with Crippen molar-refractivity contribution in [2.24, 2.45) is 0 Å². The Labute approximate surface area is 81.4 Å². The van der Waals surface area contributed by atoms with Crippen LogP contribution in [0.4, 0.5) is 0 Å². The van der Waals surface area contributed by atoms with Crippen molar-refractivity contribution in [3.8, 4) is 11.8 Å². The number of carboxylic acids is 1. The Morgan fingerprint density at radius 3 is 2.50 bits per heavy atom. The first kappa shape index (κ1) is 10.1. The fourth-order valence-electron chi connectivity index (χ4n) is 0.863. The lowest BCUT2D eigenvalue weighted by molar-refractivity contribution is -0.144. The van der Waals surface area contributed by atoms with Gasteiger partial charge in [-0.15, -0.1) is 0 Å². The average molecular weight is 191 g/mol. The molecule has 72 valence electrons. The lowest BCUT2D eigenvalue weighted by Gasteiger charge is -2.09. The van der Waals surface area contributed by atoms with E-state index >= 15 is 0 Å². The lowest BCUT2D eigenvalue weighted by atomic mass is 10.2. The van der Waals surface area contributed by atoms with E-state index in [9.17, 15) is 4.79 Å². The number of hydrogen-bond donors (Lipinski definition) is 1. The second-order valence-corrected chi connectivity index (χ2v) is 2.73. The SMILES string of the molecule is CC(Oc1ccc(C#N)cc1)C(=O)O. The van der Waals surface area contributed by atoms with Crippen LogP contribution in [-0.4, -0.2) is 17.2 Å². The molecular formula is C10H9NO3. The Balaban J connectivity index is 2.70. The van der Waals surface area contributed by atoms with Crippen molar-refractivity contribution in [1.82, 2.24) is 0 Å². The molecule has 1 aromatic carbocycles. The highest BCUT2D eigenvalue weighted by molar-refractivity contribution is 5.72. The molecule has 0 aliphatic carbocycles. The van der Waals surface area contributed by atoms with Crippen molar-refractivity contribution < 1.29 is 14.6 Å². The third-order valence-electron chi connectivity index (χ3n) is 1.64. The average Bonchev–Trinajstić information content (AvgIpc) is 2.19. The van der Waals surface area contributed by atoms with Gasteiger partial charge in [0, 0.05) is 0 Å². The fourth-order valence-corrected chi connectivity index (χ4v) is 0.863. The van der Waals surface area contributed by atoms with Crippen LogP contribution in [0, 0.1) is 11.3 Å². The van der Waals surface area contributed by atoms with Crippen LogP contribution in [0.15, 0.2) is 24.3 Å². The minimum atomic E-state index is -1.02. The molecule has 0 radical (unpaired) electrons. The molecule has 0 aromatic heterocycles. The minimum absolute atomic E-state index is 0.443. The molecule has 1 N–H and O–H groups in total. The maximum atomic E-state index is 10.4. The molecule has 1 unspecified atom stereocenters. The summed E-state index contributed by atoms with van der Waals surface area (Å²) in [6.07, 6.45) is -0.886. The molecule has 0 heterocycles. The van der Waals surface area contributed by atoms with E-state index in [1.165, 1.54) is 6.92 Å². The van der Waals surface area contributed by atoms with Crippen LogP contribution in [0.1, 0.15) is 12.5 Å². The molecule has 0 aliphatic rings. The van der Waals surface area contributed by atoms with Crippen LogP contribution in [0.3, 0.4) is 0 Å². The first-order valence-corrected chi connectivity index (χ1v) is 4.03. The number of carboxylic acid groups (broad SMARTS) is 1. The highest BCUT2D eigenvalue weighted by Gasteiger charge is 2.11. The summed E-state index contributed by atoms with van der Waals surface area (Å²) in [6.45, 7) is 1.44. The Kier molecular flexibility index (Phi) is 3.08. The monoisotopic (exact) mass is 191 g/mol. The zero-order valence-electron chi connectivity index (χ0n) is 7.60. The molecule has 0 bridgehead atoms. The third kappa shape index (κ3) is 2.49. The number of hydrogen-bond acceptors (Lipinski definition) is 3. The normalized spacial score (nSPS) is 11.4. The summed E-state index contributed by atoms with van der Waals surface area (Å²) in [5.41, 5.74) is 0.514. The van der Waals surface area contributed by atoms with Gasteiger partial charge < -0.3 is 9.84 Å². The summed E-state index contributed by atoms with van der Waals surface area (Å²) >= 11 is 0. The summed E-state index contributed by atoms with van der Waals surface area (Å²) < 4.78 is 5.07. The van der Waals surface area contributed by atoms with Gasteiger partial charge in [-0.3, -0.25) is 0 Å². The number of ether oxygens (including phenoxy) is 1. The zero-order chi connectivity index (χ0) is 10.6. The smallest absolute Gasteiger partial charge is 0.344 e. The van der Waals surface area contributed by atoms with Crippen molar-refractivity contribution in [1.29, 1.82) is 5.26 Å². The molecule has 0 aliphatic heterocycles. The molecule has 0 fully saturated rings. The number of nitriles is 1. The van der Waals surface area contributed by atoms with Gasteiger partial charge in [0.25, 0.3) is 0 Å². The maximum absolute atomic E-state index is 10.4. The Bertz CT molecular complexity index is 364. The van der Waals surface area contributed by atoms with E-state index in [0.29, 0.717) is 11.3 Å². The molecule has 0 saturated heterocycles. The van der Waals surface area contributed by atoms with Crippen molar-refractivity contribution >= 4 is 5.97 Å². The standard InChI is InChI=1S/C10H9NO3/c1-7(10(12)13)14-9-4-2-8(6-11)3-5-9/h2-5,7H,1H3,(H,12,13). The van der Waals surface area contributed by atoms with Gasteiger partial charge in [0.1, 0.15) is 5.75 Å². The topological polar surface area (TPSA) is 70.3 Å². The molecule has 0 saturated carbocycles. The molecule has 1 atom stereocenters. The number of aliphatic carboxylic acids is 1. The van der Waals surface area contributed by atoms with Gasteiger partial charge in [0.2, 0.25) is 0 Å². The van der Waals surface area contributed by atoms with Gasteiger partial charge in [0.15, 0.2) is 6.10 Å². The second kappa shape index (κ2) is 4.28. The minimum Gasteiger partial charge on any atom is -0.479 e. The van der Waals surface area contributed by atoms with Crippen LogP contribution in [-0.2, 0) is 4.79 Å². The van der Waals surface area contributed by atoms with Crippen LogP contribution in [0.5, 0.6) is 5.75 Å². The Morgan fingerprint density at radius 1 is 1.50 bits per heavy atom. The predicted molar refractivity (Wildman–Crippen MR) is 48.9 cm³/mol. The Hall–Kier alpha value is -2.02. The van der Waals surface area contributed by atoms with Crippen LogP contribution in [0.25, 0.3) is 0 Å². The number of benzene rings is 1. The molecule has 1 aromatic rings. The van der Waals surface area contributed by atoms with Crippen molar-refractivity contribution in [3.63, 3.8) is 0 Å². The van der Waals surface area contributed by atoms with Gasteiger partial charge in [-0.25, -0.2) is 4.79 Å². The molecule has 4 heteroatoms. The van der Waals surface area contributed by atoms with Gasteiger partial charge in [-0.1, -0.05) is 0 Å². The summed E-state index contributed by atoms with van der Waals surface area (Å²) in [5.74, 6) is -0.576. The van der Waals surface area contributed by atoms with Crippen molar-refractivity contribution in [2.45, 2.75) is 13.0 Å². The van der Waals surface area contributed by atoms with Crippen molar-refractivity contribution in [2.75, 3.05) is 0 Å². The Morgan fingerprint density at radius 2 is 2.07 bits per heavy atom. The molecule has 0 amide bonds. The van der Waals surface area contributed by atoms with Crippen molar-refractivity contribution in [3.05, 3.63) is 29.8 Å². The van der Waals surface area contributed by atoms with Gasteiger partial charge >= 0.3 is 5.97 Å². The highest BCUT2D eigenvalue weighted by atomic mass is 16.5. The number of carbonyl (C=O) groups is 1. The van der Waals surface area contributed by atoms with Crippen LogP contribution in [0.2, 0.25) is 0 Å². The molecule has 1 rings (SSSR count). The first-order chi connectivity index (χ1) is 6.63. The maximum Gasteiger partial charge on any atom is 0.344 e. The quantitative estimate of drug-likeness (QED) is 0.784. The number of rotatable bonds is 3. The summed E-state index contributed by atoms with van der Waals surface area (Å²) in [6, 6.07) is 8.24. The van der Waals surface area contributed by atoms with Crippen LogP contribution >= 0.6 is 0 Å². The predicted octanol–water partition coefficient (Wildman–Crippen LogP) is 1.41.